The molecule has 0 saturated heterocycles. The molecule has 3 aromatic carbocycles. The largest absolute Gasteiger partial charge is 0.324 e. The maximum absolute atomic E-state index is 11.1. The number of nitro benzene ring substituents is 1. The van der Waals surface area contributed by atoms with E-state index in [1.807, 2.05) is 60.7 Å². The third kappa shape index (κ3) is 5.94. The van der Waals surface area contributed by atoms with Crippen molar-refractivity contribution in [2.45, 2.75) is 0 Å². The second kappa shape index (κ2) is 10.6. The molecule has 170 valence electrons. The minimum absolute atomic E-state index is 0.0640. The number of hydrogen-bond acceptors (Lipinski definition) is 9. The average molecular weight is 495 g/mol. The number of hydrazone groups is 1. The van der Waals surface area contributed by atoms with Gasteiger partial charge in [0.15, 0.2) is 0 Å². The van der Waals surface area contributed by atoms with Gasteiger partial charge in [0, 0.05) is 23.0 Å². The molecule has 0 aliphatic heterocycles. The lowest BCUT2D eigenvalue weighted by Crippen LogP contribution is -2.07. The summed E-state index contributed by atoms with van der Waals surface area (Å²) in [5, 5.41) is 21.6. The second-order valence-electron chi connectivity index (χ2n) is 6.74. The molecule has 0 saturated carbocycles. The standard InChI is InChI=1S/C22H16Cl2N8O2/c23-17-12-18(24)19(32(33)34)11-14(17)13-25-31-22-29-20(26-15-7-3-1-4-8-15)28-21(30-22)27-16-9-5-2-6-10-16/h1-13H,(H3,26,27,28,29,30,31)/b25-13+. The zero-order valence-electron chi connectivity index (χ0n) is 17.3. The van der Waals surface area contributed by atoms with Crippen molar-refractivity contribution in [3.63, 3.8) is 0 Å². The van der Waals surface area contributed by atoms with Gasteiger partial charge in [0.25, 0.3) is 5.69 Å². The van der Waals surface area contributed by atoms with E-state index in [2.05, 4.69) is 36.1 Å². The van der Waals surface area contributed by atoms with Crippen LogP contribution in [0, 0.1) is 10.1 Å². The molecule has 0 bridgehead atoms. The van der Waals surface area contributed by atoms with Gasteiger partial charge in [-0.3, -0.25) is 10.1 Å². The van der Waals surface area contributed by atoms with Crippen molar-refractivity contribution in [1.82, 2.24) is 15.0 Å². The zero-order valence-corrected chi connectivity index (χ0v) is 18.8. The number of halogens is 2. The summed E-state index contributed by atoms with van der Waals surface area (Å²) >= 11 is 12.0. The van der Waals surface area contributed by atoms with Gasteiger partial charge in [0.05, 0.1) is 16.2 Å². The van der Waals surface area contributed by atoms with Gasteiger partial charge in [-0.15, -0.1) is 0 Å². The van der Waals surface area contributed by atoms with Gasteiger partial charge < -0.3 is 10.6 Å². The van der Waals surface area contributed by atoms with Crippen molar-refractivity contribution in [2.75, 3.05) is 16.1 Å². The number of nitro groups is 1. The Hall–Kier alpha value is -4.28. The first-order chi connectivity index (χ1) is 16.5. The molecule has 0 amide bonds. The lowest BCUT2D eigenvalue weighted by Gasteiger charge is -2.10. The molecule has 0 unspecified atom stereocenters. The summed E-state index contributed by atoms with van der Waals surface area (Å²) in [6.45, 7) is 0. The van der Waals surface area contributed by atoms with E-state index in [9.17, 15) is 10.1 Å². The van der Waals surface area contributed by atoms with E-state index in [-0.39, 0.29) is 33.6 Å². The minimum atomic E-state index is -0.599. The Morgan fingerprint density at radius 1 is 0.794 bits per heavy atom. The van der Waals surface area contributed by atoms with E-state index < -0.39 is 4.92 Å². The van der Waals surface area contributed by atoms with Gasteiger partial charge in [-0.25, -0.2) is 5.43 Å². The predicted octanol–water partition coefficient (Wildman–Crippen LogP) is 6.02. The number of para-hydroxylation sites is 2. The maximum atomic E-state index is 11.1. The zero-order chi connectivity index (χ0) is 23.9. The summed E-state index contributed by atoms with van der Waals surface area (Å²) in [6.07, 6.45) is 1.31. The van der Waals surface area contributed by atoms with E-state index in [1.54, 1.807) is 0 Å². The van der Waals surface area contributed by atoms with Crippen LogP contribution < -0.4 is 16.1 Å². The van der Waals surface area contributed by atoms with Crippen LogP contribution in [0.4, 0.5) is 34.9 Å². The molecule has 1 aromatic heterocycles. The van der Waals surface area contributed by atoms with Crippen LogP contribution in [-0.4, -0.2) is 26.1 Å². The lowest BCUT2D eigenvalue weighted by atomic mass is 10.2. The number of aromatic nitrogens is 3. The summed E-state index contributed by atoms with van der Waals surface area (Å²) in [7, 11) is 0. The molecule has 3 N–H and O–H groups in total. The van der Waals surface area contributed by atoms with Crippen molar-refractivity contribution in [3.05, 3.63) is 98.5 Å². The summed E-state index contributed by atoms with van der Waals surface area (Å²) in [5.74, 6) is 0.678. The maximum Gasteiger partial charge on any atom is 0.288 e. The van der Waals surface area contributed by atoms with Crippen LogP contribution in [0.3, 0.4) is 0 Å². The molecule has 0 atom stereocenters. The first kappa shape index (κ1) is 22.9. The SMILES string of the molecule is O=[N+]([O-])c1cc(/C=N/Nc2nc(Nc3ccccc3)nc(Nc3ccccc3)n2)c(Cl)cc1Cl. The molecule has 4 aromatic rings. The van der Waals surface area contributed by atoms with E-state index in [4.69, 9.17) is 23.2 Å². The molecule has 0 aliphatic carbocycles. The molecule has 1 heterocycles. The fraction of sp³-hybridized carbons (Fsp3) is 0. The van der Waals surface area contributed by atoms with Crippen LogP contribution in [0.5, 0.6) is 0 Å². The normalized spacial score (nSPS) is 10.8. The van der Waals surface area contributed by atoms with Gasteiger partial charge in [0.1, 0.15) is 5.02 Å². The summed E-state index contributed by atoms with van der Waals surface area (Å²) < 4.78 is 0. The molecular weight excluding hydrogens is 479 g/mol. The molecule has 34 heavy (non-hydrogen) atoms. The highest BCUT2D eigenvalue weighted by Crippen LogP contribution is 2.30. The van der Waals surface area contributed by atoms with Crippen LogP contribution in [0.15, 0.2) is 77.9 Å². The Morgan fingerprint density at radius 3 is 1.85 bits per heavy atom. The van der Waals surface area contributed by atoms with Gasteiger partial charge in [-0.2, -0.15) is 20.1 Å². The van der Waals surface area contributed by atoms with Gasteiger partial charge >= 0.3 is 0 Å². The van der Waals surface area contributed by atoms with Crippen LogP contribution in [0.2, 0.25) is 10.0 Å². The third-order valence-corrected chi connectivity index (χ3v) is 4.96. The predicted molar refractivity (Wildman–Crippen MR) is 134 cm³/mol. The highest BCUT2D eigenvalue weighted by molar-refractivity contribution is 6.37. The van der Waals surface area contributed by atoms with Crippen LogP contribution in [-0.2, 0) is 0 Å². The van der Waals surface area contributed by atoms with E-state index in [0.29, 0.717) is 5.56 Å². The lowest BCUT2D eigenvalue weighted by molar-refractivity contribution is -0.384. The number of nitrogens with zero attached hydrogens (tertiary/aromatic N) is 5. The number of anilines is 5. The Morgan fingerprint density at radius 2 is 1.32 bits per heavy atom. The van der Waals surface area contributed by atoms with Crippen LogP contribution in [0.25, 0.3) is 0 Å². The Kier molecular flexibility index (Phi) is 7.11. The van der Waals surface area contributed by atoms with E-state index >= 15 is 0 Å². The molecular formula is C22H16Cl2N8O2. The van der Waals surface area contributed by atoms with Crippen molar-refractivity contribution in [2.24, 2.45) is 5.10 Å². The second-order valence-corrected chi connectivity index (χ2v) is 7.55. The van der Waals surface area contributed by atoms with Gasteiger partial charge in [-0.1, -0.05) is 59.6 Å². The van der Waals surface area contributed by atoms with Gasteiger partial charge in [-0.05, 0) is 30.3 Å². The van der Waals surface area contributed by atoms with Crippen molar-refractivity contribution in [3.8, 4) is 0 Å². The first-order valence-corrected chi connectivity index (χ1v) is 10.6. The number of nitrogens with one attached hydrogen (secondary N) is 3. The van der Waals surface area contributed by atoms with E-state index in [0.717, 1.165) is 11.4 Å². The van der Waals surface area contributed by atoms with Crippen LogP contribution in [0.1, 0.15) is 5.56 Å². The molecule has 0 fully saturated rings. The third-order valence-electron chi connectivity index (χ3n) is 4.33. The molecule has 0 radical (unpaired) electrons. The number of hydrogen-bond donors (Lipinski definition) is 3. The first-order valence-electron chi connectivity index (χ1n) is 9.80. The summed E-state index contributed by atoms with van der Waals surface area (Å²) in [4.78, 5) is 23.6. The topological polar surface area (TPSA) is 130 Å². The van der Waals surface area contributed by atoms with Crippen molar-refractivity contribution >= 4 is 64.3 Å². The highest BCUT2D eigenvalue weighted by Gasteiger charge is 2.15. The van der Waals surface area contributed by atoms with Crippen molar-refractivity contribution < 1.29 is 4.92 Å². The molecule has 12 heteroatoms. The highest BCUT2D eigenvalue weighted by atomic mass is 35.5. The summed E-state index contributed by atoms with van der Waals surface area (Å²) in [6, 6.07) is 21.3. The molecule has 4 rings (SSSR count). The monoisotopic (exact) mass is 494 g/mol. The molecule has 0 aliphatic rings. The fourth-order valence-corrected chi connectivity index (χ4v) is 3.29. The van der Waals surface area contributed by atoms with E-state index in [1.165, 1.54) is 18.3 Å². The Labute approximate surface area is 203 Å². The number of rotatable bonds is 8. The average Bonchev–Trinajstić information content (AvgIpc) is 2.81. The molecule has 10 nitrogen and oxygen atoms in total. The Balaban J connectivity index is 1.60. The Bertz CT molecular complexity index is 1280. The van der Waals surface area contributed by atoms with Crippen molar-refractivity contribution in [1.29, 1.82) is 0 Å². The van der Waals surface area contributed by atoms with Gasteiger partial charge in [0.2, 0.25) is 17.8 Å². The quantitative estimate of drug-likeness (QED) is 0.154. The summed E-state index contributed by atoms with van der Waals surface area (Å²) in [5.41, 5.74) is 4.29. The van der Waals surface area contributed by atoms with Crippen LogP contribution >= 0.6 is 23.2 Å². The fourth-order valence-electron chi connectivity index (χ4n) is 2.79. The smallest absolute Gasteiger partial charge is 0.288 e. The minimum Gasteiger partial charge on any atom is -0.324 e. The number of benzene rings is 3. The molecule has 0 spiro atoms.